The van der Waals surface area contributed by atoms with Crippen LogP contribution >= 0.6 is 0 Å². The molecule has 20 heavy (non-hydrogen) atoms. The fourth-order valence-corrected chi connectivity index (χ4v) is 2.51. The van der Waals surface area contributed by atoms with E-state index in [1.807, 2.05) is 4.57 Å². The van der Waals surface area contributed by atoms with Crippen LogP contribution in [0.1, 0.15) is 24.7 Å². The molecule has 6 heteroatoms. The Morgan fingerprint density at radius 3 is 2.50 bits per heavy atom. The van der Waals surface area contributed by atoms with Gasteiger partial charge in [0, 0.05) is 18.5 Å². The van der Waals surface area contributed by atoms with Crippen molar-refractivity contribution in [1.29, 1.82) is 0 Å². The Morgan fingerprint density at radius 2 is 1.85 bits per heavy atom. The lowest BCUT2D eigenvalue weighted by molar-refractivity contribution is -0.137. The van der Waals surface area contributed by atoms with E-state index >= 15 is 0 Å². The Balaban J connectivity index is 1.94. The minimum Gasteiger partial charge on any atom is -0.311 e. The predicted molar refractivity (Wildman–Crippen MR) is 67.9 cm³/mol. The van der Waals surface area contributed by atoms with Gasteiger partial charge in [0.2, 0.25) is 0 Å². The topological polar surface area (TPSA) is 30.7 Å². The highest BCUT2D eigenvalue weighted by molar-refractivity contribution is 5.56. The molecule has 0 radical (unpaired) electrons. The molecule has 0 saturated heterocycles. The second-order valence-corrected chi connectivity index (χ2v) is 5.26. The Labute approximate surface area is 114 Å². The highest BCUT2D eigenvalue weighted by atomic mass is 19.4. The second-order valence-electron chi connectivity index (χ2n) is 5.26. The van der Waals surface area contributed by atoms with Gasteiger partial charge < -0.3 is 4.57 Å². The highest BCUT2D eigenvalue weighted by Crippen LogP contribution is 2.31. The molecule has 1 aliphatic heterocycles. The summed E-state index contributed by atoms with van der Waals surface area (Å²) in [6.07, 6.45) is -2.40. The first-order valence-electron chi connectivity index (χ1n) is 6.55. The molecule has 1 atom stereocenters. The summed E-state index contributed by atoms with van der Waals surface area (Å²) in [5.74, 6) is 2.14. The lowest BCUT2D eigenvalue weighted by Gasteiger charge is -2.20. The molecule has 0 aliphatic carbocycles. The van der Waals surface area contributed by atoms with Gasteiger partial charge in [-0.25, -0.2) is 0 Å². The van der Waals surface area contributed by atoms with Gasteiger partial charge in [0.15, 0.2) is 5.82 Å². The molecule has 1 unspecified atom stereocenters. The number of hydrogen-bond donors (Lipinski definition) is 0. The van der Waals surface area contributed by atoms with Crippen molar-refractivity contribution in [3.05, 3.63) is 35.7 Å². The van der Waals surface area contributed by atoms with E-state index in [0.29, 0.717) is 17.3 Å². The van der Waals surface area contributed by atoms with E-state index in [-0.39, 0.29) is 0 Å². The van der Waals surface area contributed by atoms with Crippen molar-refractivity contribution in [3.8, 4) is 11.4 Å². The minimum absolute atomic E-state index is 0.576. The number of nitrogens with zero attached hydrogens (tertiary/aromatic N) is 3. The fraction of sp³-hybridized carbons (Fsp3) is 0.429. The normalized spacial score (nSPS) is 18.9. The van der Waals surface area contributed by atoms with Crippen LogP contribution in [0.5, 0.6) is 0 Å². The Hall–Kier alpha value is -1.85. The van der Waals surface area contributed by atoms with Gasteiger partial charge in [-0.1, -0.05) is 19.1 Å². The molecule has 1 aromatic heterocycles. The first kappa shape index (κ1) is 13.1. The second kappa shape index (κ2) is 4.61. The summed E-state index contributed by atoms with van der Waals surface area (Å²) >= 11 is 0. The van der Waals surface area contributed by atoms with Gasteiger partial charge in [0.05, 0.1) is 5.56 Å². The highest BCUT2D eigenvalue weighted by Gasteiger charge is 2.30. The minimum atomic E-state index is -4.31. The van der Waals surface area contributed by atoms with E-state index in [1.165, 1.54) is 12.1 Å². The molecule has 0 fully saturated rings. The Bertz CT molecular complexity index is 614. The van der Waals surface area contributed by atoms with Crippen LogP contribution in [0.4, 0.5) is 13.2 Å². The molecule has 1 aliphatic rings. The standard InChI is InChI=1S/C14H14F3N3/c1-9-6-7-20-12(8-9)18-19-13(20)10-2-4-11(5-3-10)14(15,16)17/h2-5,9H,6-8H2,1H3. The summed E-state index contributed by atoms with van der Waals surface area (Å²) in [7, 11) is 0. The molecular formula is C14H14F3N3. The zero-order chi connectivity index (χ0) is 14.3. The molecule has 3 rings (SSSR count). The summed E-state index contributed by atoms with van der Waals surface area (Å²) in [5, 5.41) is 8.27. The van der Waals surface area contributed by atoms with Crippen molar-refractivity contribution in [1.82, 2.24) is 14.8 Å². The van der Waals surface area contributed by atoms with Crippen LogP contribution in [0.25, 0.3) is 11.4 Å². The van der Waals surface area contributed by atoms with Crippen LogP contribution in [-0.4, -0.2) is 14.8 Å². The summed E-state index contributed by atoms with van der Waals surface area (Å²) in [6, 6.07) is 5.08. The number of halogens is 3. The average Bonchev–Trinajstić information content (AvgIpc) is 2.80. The van der Waals surface area contributed by atoms with Gasteiger partial charge in [0.1, 0.15) is 5.82 Å². The van der Waals surface area contributed by atoms with Crippen molar-refractivity contribution in [2.24, 2.45) is 5.92 Å². The van der Waals surface area contributed by atoms with Crippen molar-refractivity contribution in [3.63, 3.8) is 0 Å². The van der Waals surface area contributed by atoms with Crippen LogP contribution in [0.15, 0.2) is 24.3 Å². The Kier molecular flexibility index (Phi) is 3.03. The molecule has 1 aromatic carbocycles. The molecule has 0 saturated carbocycles. The van der Waals surface area contributed by atoms with Crippen LogP contribution in [0.2, 0.25) is 0 Å². The lowest BCUT2D eigenvalue weighted by atomic mass is 10.00. The number of fused-ring (bicyclic) bond motifs is 1. The zero-order valence-electron chi connectivity index (χ0n) is 11.0. The summed E-state index contributed by atoms with van der Waals surface area (Å²) in [6.45, 7) is 2.98. The third-order valence-electron chi connectivity index (χ3n) is 3.67. The molecule has 3 nitrogen and oxygen atoms in total. The maximum atomic E-state index is 12.5. The molecule has 0 spiro atoms. The molecule has 2 heterocycles. The van der Waals surface area contributed by atoms with Crippen molar-refractivity contribution >= 4 is 0 Å². The summed E-state index contributed by atoms with van der Waals surface area (Å²) in [5.41, 5.74) is 0.0274. The maximum Gasteiger partial charge on any atom is 0.416 e. The molecule has 0 bridgehead atoms. The number of rotatable bonds is 1. The van der Waals surface area contributed by atoms with E-state index in [2.05, 4.69) is 17.1 Å². The van der Waals surface area contributed by atoms with Crippen LogP contribution < -0.4 is 0 Å². The molecule has 0 amide bonds. The largest absolute Gasteiger partial charge is 0.416 e. The van der Waals surface area contributed by atoms with Gasteiger partial charge >= 0.3 is 6.18 Å². The van der Waals surface area contributed by atoms with Crippen molar-refractivity contribution in [2.45, 2.75) is 32.5 Å². The molecule has 2 aromatic rings. The van der Waals surface area contributed by atoms with Crippen LogP contribution in [0.3, 0.4) is 0 Å². The van der Waals surface area contributed by atoms with Crippen molar-refractivity contribution < 1.29 is 13.2 Å². The third-order valence-corrected chi connectivity index (χ3v) is 3.67. The number of alkyl halides is 3. The van der Waals surface area contributed by atoms with E-state index in [0.717, 1.165) is 37.3 Å². The molecular weight excluding hydrogens is 267 g/mol. The van der Waals surface area contributed by atoms with Gasteiger partial charge in [-0.05, 0) is 24.5 Å². The van der Waals surface area contributed by atoms with Gasteiger partial charge in [-0.15, -0.1) is 10.2 Å². The monoisotopic (exact) mass is 281 g/mol. The van der Waals surface area contributed by atoms with Gasteiger partial charge in [-0.3, -0.25) is 0 Å². The molecule has 0 N–H and O–H groups in total. The number of aromatic nitrogens is 3. The first-order chi connectivity index (χ1) is 9.45. The van der Waals surface area contributed by atoms with E-state index in [9.17, 15) is 13.2 Å². The van der Waals surface area contributed by atoms with E-state index in [1.54, 1.807) is 0 Å². The van der Waals surface area contributed by atoms with Crippen molar-refractivity contribution in [2.75, 3.05) is 0 Å². The van der Waals surface area contributed by atoms with Crippen LogP contribution in [-0.2, 0) is 19.1 Å². The first-order valence-corrected chi connectivity index (χ1v) is 6.55. The predicted octanol–water partition coefficient (Wildman–Crippen LogP) is 3.55. The third kappa shape index (κ3) is 2.30. The molecule has 106 valence electrons. The van der Waals surface area contributed by atoms with E-state index in [4.69, 9.17) is 0 Å². The van der Waals surface area contributed by atoms with Gasteiger partial charge in [-0.2, -0.15) is 13.2 Å². The van der Waals surface area contributed by atoms with E-state index < -0.39 is 11.7 Å². The SMILES string of the molecule is CC1CCn2c(nnc2-c2ccc(C(F)(F)F)cc2)C1. The number of hydrogen-bond acceptors (Lipinski definition) is 2. The lowest BCUT2D eigenvalue weighted by Crippen LogP contribution is -2.18. The Morgan fingerprint density at radius 1 is 1.15 bits per heavy atom. The number of benzene rings is 1. The zero-order valence-corrected chi connectivity index (χ0v) is 11.0. The fourth-order valence-electron chi connectivity index (χ4n) is 2.51. The summed E-state index contributed by atoms with van der Waals surface area (Å²) in [4.78, 5) is 0. The van der Waals surface area contributed by atoms with Gasteiger partial charge in [0.25, 0.3) is 0 Å². The quantitative estimate of drug-likeness (QED) is 0.800. The van der Waals surface area contributed by atoms with Crippen LogP contribution in [0, 0.1) is 5.92 Å². The average molecular weight is 281 g/mol. The maximum absolute atomic E-state index is 12.5. The smallest absolute Gasteiger partial charge is 0.311 e. The summed E-state index contributed by atoms with van der Waals surface area (Å²) < 4.78 is 39.6.